The van der Waals surface area contributed by atoms with Crippen molar-refractivity contribution in [3.05, 3.63) is 59.4 Å². The van der Waals surface area contributed by atoms with Crippen LogP contribution in [0.4, 0.5) is 5.69 Å². The first-order valence-electron chi connectivity index (χ1n) is 7.16. The van der Waals surface area contributed by atoms with Crippen LogP contribution in [0.2, 0.25) is 5.02 Å². The lowest BCUT2D eigenvalue weighted by Crippen LogP contribution is -2.46. The number of para-hydroxylation sites is 1. The molecule has 1 atom stereocenters. The highest BCUT2D eigenvalue weighted by molar-refractivity contribution is 6.31. The van der Waals surface area contributed by atoms with Gasteiger partial charge in [-0.25, -0.2) is 4.79 Å². The first kappa shape index (κ1) is 17.0. The number of methoxy groups -OCH3 is 1. The molecule has 0 saturated heterocycles. The van der Waals surface area contributed by atoms with Gasteiger partial charge in [-0.2, -0.15) is 0 Å². The van der Waals surface area contributed by atoms with E-state index in [2.05, 4.69) is 4.98 Å². The van der Waals surface area contributed by atoms with Crippen LogP contribution in [0.1, 0.15) is 23.8 Å². The predicted octanol–water partition coefficient (Wildman–Crippen LogP) is 3.33. The fraction of sp³-hybridized carbons (Fsp3) is 0.235. The Balaban J connectivity index is 2.49. The van der Waals surface area contributed by atoms with Crippen LogP contribution >= 0.6 is 11.6 Å². The van der Waals surface area contributed by atoms with Crippen molar-refractivity contribution < 1.29 is 14.3 Å². The highest BCUT2D eigenvalue weighted by Gasteiger charge is 2.31. The van der Waals surface area contributed by atoms with Gasteiger partial charge in [-0.15, -0.1) is 0 Å². The third-order valence-electron chi connectivity index (χ3n) is 3.37. The second-order valence-electron chi connectivity index (χ2n) is 4.82. The summed E-state index contributed by atoms with van der Waals surface area (Å²) in [5, 5.41) is 0.405. The summed E-state index contributed by atoms with van der Waals surface area (Å²) in [4.78, 5) is 30.5. The number of benzene rings is 1. The highest BCUT2D eigenvalue weighted by atomic mass is 35.5. The van der Waals surface area contributed by atoms with Crippen LogP contribution in [0, 0.1) is 0 Å². The number of halogens is 1. The minimum absolute atomic E-state index is 0.170. The monoisotopic (exact) mass is 332 g/mol. The lowest BCUT2D eigenvalue weighted by Gasteiger charge is -2.29. The highest BCUT2D eigenvalue weighted by Crippen LogP contribution is 2.22. The minimum Gasteiger partial charge on any atom is -0.467 e. The Morgan fingerprint density at radius 2 is 1.96 bits per heavy atom. The zero-order valence-electron chi connectivity index (χ0n) is 12.9. The number of hydrogen-bond acceptors (Lipinski definition) is 4. The van der Waals surface area contributed by atoms with Gasteiger partial charge in [-0.3, -0.25) is 14.7 Å². The molecule has 0 fully saturated rings. The van der Waals surface area contributed by atoms with Crippen LogP contribution in [0.5, 0.6) is 0 Å². The maximum Gasteiger partial charge on any atom is 0.328 e. The number of hydrogen-bond donors (Lipinski definition) is 0. The normalized spacial score (nSPS) is 11.6. The maximum absolute atomic E-state index is 12.9. The van der Waals surface area contributed by atoms with Crippen molar-refractivity contribution in [2.45, 2.75) is 19.4 Å². The number of nitrogens with zero attached hydrogens (tertiary/aromatic N) is 2. The van der Waals surface area contributed by atoms with E-state index in [0.717, 1.165) is 0 Å². The average Bonchev–Trinajstić information content (AvgIpc) is 2.59. The van der Waals surface area contributed by atoms with Crippen molar-refractivity contribution in [1.82, 2.24) is 4.98 Å². The Labute approximate surface area is 139 Å². The Bertz CT molecular complexity index is 691. The molecule has 2 rings (SSSR count). The summed E-state index contributed by atoms with van der Waals surface area (Å²) >= 11 is 5.94. The molecule has 0 unspecified atom stereocenters. The molecule has 0 spiro atoms. The molecule has 0 aliphatic rings. The fourth-order valence-electron chi connectivity index (χ4n) is 2.26. The fourth-order valence-corrected chi connectivity index (χ4v) is 2.42. The largest absolute Gasteiger partial charge is 0.467 e. The van der Waals surface area contributed by atoms with Crippen LogP contribution in [0.15, 0.2) is 48.7 Å². The van der Waals surface area contributed by atoms with Crippen molar-refractivity contribution in [3.63, 3.8) is 0 Å². The van der Waals surface area contributed by atoms with Crippen LogP contribution in [0.3, 0.4) is 0 Å². The number of esters is 1. The molecule has 120 valence electrons. The number of pyridine rings is 1. The second kappa shape index (κ2) is 7.74. The summed E-state index contributed by atoms with van der Waals surface area (Å²) in [7, 11) is 1.30. The first-order chi connectivity index (χ1) is 11.1. The van der Waals surface area contributed by atoms with Gasteiger partial charge >= 0.3 is 5.97 Å². The zero-order valence-corrected chi connectivity index (χ0v) is 13.7. The molecule has 0 bridgehead atoms. The lowest BCUT2D eigenvalue weighted by atomic mass is 10.1. The minimum atomic E-state index is -0.740. The molecular formula is C17H17ClN2O3. The summed E-state index contributed by atoms with van der Waals surface area (Å²) in [5.41, 5.74) is 0.764. The Morgan fingerprint density at radius 3 is 2.52 bits per heavy atom. The number of amides is 1. The first-order valence-corrected chi connectivity index (χ1v) is 7.54. The number of ether oxygens (including phenoxy) is 1. The molecule has 1 amide bonds. The van der Waals surface area contributed by atoms with Crippen molar-refractivity contribution in [3.8, 4) is 0 Å². The molecule has 1 aromatic heterocycles. The Morgan fingerprint density at radius 1 is 1.26 bits per heavy atom. The van der Waals surface area contributed by atoms with Gasteiger partial charge in [-0.1, -0.05) is 36.7 Å². The second-order valence-corrected chi connectivity index (χ2v) is 5.25. The topological polar surface area (TPSA) is 59.5 Å². The van der Waals surface area contributed by atoms with Gasteiger partial charge in [0.2, 0.25) is 0 Å². The smallest absolute Gasteiger partial charge is 0.328 e. The van der Waals surface area contributed by atoms with Crippen LogP contribution in [-0.4, -0.2) is 30.0 Å². The third kappa shape index (κ3) is 3.87. The molecule has 23 heavy (non-hydrogen) atoms. The molecule has 0 aliphatic carbocycles. The molecular weight excluding hydrogens is 316 g/mol. The van der Waals surface area contributed by atoms with Crippen LogP contribution < -0.4 is 4.90 Å². The van der Waals surface area contributed by atoms with E-state index >= 15 is 0 Å². The average molecular weight is 333 g/mol. The number of aromatic nitrogens is 1. The number of rotatable bonds is 5. The van der Waals surface area contributed by atoms with E-state index in [1.807, 2.05) is 13.0 Å². The van der Waals surface area contributed by atoms with E-state index in [9.17, 15) is 9.59 Å². The molecule has 0 saturated carbocycles. The Hall–Kier alpha value is -2.40. The van der Waals surface area contributed by atoms with Crippen LogP contribution in [0.25, 0.3) is 0 Å². The van der Waals surface area contributed by atoms with Crippen molar-refractivity contribution in [2.24, 2.45) is 0 Å². The van der Waals surface area contributed by atoms with Crippen molar-refractivity contribution >= 4 is 29.2 Å². The van der Waals surface area contributed by atoms with E-state index in [0.29, 0.717) is 17.1 Å². The van der Waals surface area contributed by atoms with Gasteiger partial charge in [0.05, 0.1) is 7.11 Å². The maximum atomic E-state index is 12.9. The van der Waals surface area contributed by atoms with Crippen molar-refractivity contribution in [1.29, 1.82) is 0 Å². The van der Waals surface area contributed by atoms with Gasteiger partial charge in [0.15, 0.2) is 0 Å². The number of anilines is 1. The van der Waals surface area contributed by atoms with Gasteiger partial charge in [-0.05, 0) is 30.7 Å². The van der Waals surface area contributed by atoms with E-state index in [1.165, 1.54) is 24.3 Å². The Kier molecular flexibility index (Phi) is 5.71. The summed E-state index contributed by atoms with van der Waals surface area (Å²) in [6, 6.07) is 11.3. The molecule has 0 N–H and O–H groups in total. The zero-order chi connectivity index (χ0) is 16.8. The summed E-state index contributed by atoms with van der Waals surface area (Å²) < 4.78 is 4.84. The van der Waals surface area contributed by atoms with Crippen molar-refractivity contribution in [2.75, 3.05) is 12.0 Å². The molecule has 1 aromatic carbocycles. The van der Waals surface area contributed by atoms with Gasteiger partial charge in [0, 0.05) is 16.9 Å². The molecule has 6 heteroatoms. The summed E-state index contributed by atoms with van der Waals surface area (Å²) in [6.07, 6.45) is 1.87. The van der Waals surface area contributed by atoms with Gasteiger partial charge in [0.25, 0.3) is 5.91 Å². The molecule has 2 aromatic rings. The van der Waals surface area contributed by atoms with E-state index in [-0.39, 0.29) is 5.69 Å². The summed E-state index contributed by atoms with van der Waals surface area (Å²) in [5.74, 6) is -0.886. The SMILES string of the molecule is CC[C@@H](C(=O)OC)N(C(=O)c1cc(Cl)ccn1)c1ccccc1. The standard InChI is InChI=1S/C17H17ClN2O3/c1-3-15(17(22)23-2)20(13-7-5-4-6-8-13)16(21)14-11-12(18)9-10-19-14/h4-11,15H,3H2,1-2H3/t15-/m0/s1. The number of carbonyl (C=O) groups is 2. The summed E-state index contributed by atoms with van der Waals surface area (Å²) in [6.45, 7) is 1.82. The quantitative estimate of drug-likeness (QED) is 0.788. The lowest BCUT2D eigenvalue weighted by molar-refractivity contribution is -0.142. The number of carbonyl (C=O) groups excluding carboxylic acids is 2. The van der Waals surface area contributed by atoms with E-state index in [1.54, 1.807) is 30.3 Å². The van der Waals surface area contributed by atoms with Gasteiger partial charge < -0.3 is 4.74 Å². The molecule has 0 radical (unpaired) electrons. The van der Waals surface area contributed by atoms with Crippen LogP contribution in [-0.2, 0) is 9.53 Å². The third-order valence-corrected chi connectivity index (χ3v) is 3.60. The van der Waals surface area contributed by atoms with Gasteiger partial charge in [0.1, 0.15) is 11.7 Å². The molecule has 1 heterocycles. The predicted molar refractivity (Wildman–Crippen MR) is 88.6 cm³/mol. The van der Waals surface area contributed by atoms with E-state index in [4.69, 9.17) is 16.3 Å². The molecule has 0 aliphatic heterocycles. The molecule has 5 nitrogen and oxygen atoms in total. The van der Waals surface area contributed by atoms with E-state index < -0.39 is 17.9 Å².